The summed E-state index contributed by atoms with van der Waals surface area (Å²) in [6, 6.07) is 12.6. The Labute approximate surface area is 121 Å². The van der Waals surface area contributed by atoms with E-state index < -0.39 is 0 Å². The predicted molar refractivity (Wildman–Crippen MR) is 80.6 cm³/mol. The highest BCUT2D eigenvalue weighted by atomic mass is 35.5. The molecule has 0 spiro atoms. The Bertz CT molecular complexity index is 731. The van der Waals surface area contributed by atoms with Gasteiger partial charge >= 0.3 is 0 Å². The van der Waals surface area contributed by atoms with E-state index in [4.69, 9.17) is 17.3 Å². The molecule has 2 aromatic carbocycles. The second-order valence-corrected chi connectivity index (χ2v) is 5.12. The van der Waals surface area contributed by atoms with Gasteiger partial charge in [-0.1, -0.05) is 35.9 Å². The number of rotatable bonds is 3. The summed E-state index contributed by atoms with van der Waals surface area (Å²) in [5, 5.41) is 1.45. The monoisotopic (exact) mass is 288 g/mol. The van der Waals surface area contributed by atoms with Crippen LogP contribution in [0.25, 0.3) is 10.9 Å². The number of hydrogen-bond acceptors (Lipinski definition) is 1. The van der Waals surface area contributed by atoms with E-state index in [-0.39, 0.29) is 11.7 Å². The molecule has 0 saturated carbocycles. The number of aromatic nitrogens is 1. The predicted octanol–water partition coefficient (Wildman–Crippen LogP) is 4.05. The molecule has 1 heterocycles. The number of halogens is 2. The molecule has 0 saturated heterocycles. The summed E-state index contributed by atoms with van der Waals surface area (Å²) in [5.41, 5.74) is 8.32. The minimum Gasteiger partial charge on any atom is -0.361 e. The van der Waals surface area contributed by atoms with Gasteiger partial charge in [-0.2, -0.15) is 0 Å². The number of H-pyrrole nitrogens is 1. The highest BCUT2D eigenvalue weighted by molar-refractivity contribution is 6.31. The van der Waals surface area contributed by atoms with Gasteiger partial charge in [0.05, 0.1) is 0 Å². The maximum Gasteiger partial charge on any atom is 0.128 e. The summed E-state index contributed by atoms with van der Waals surface area (Å²) in [6.45, 7) is 0.294. The van der Waals surface area contributed by atoms with E-state index in [0.717, 1.165) is 16.5 Å². The normalized spacial score (nSPS) is 12.8. The molecule has 1 atom stereocenters. The maximum absolute atomic E-state index is 14.1. The van der Waals surface area contributed by atoms with Gasteiger partial charge in [0.25, 0.3) is 0 Å². The molecule has 3 rings (SSSR count). The first-order valence-electron chi connectivity index (χ1n) is 6.42. The molecule has 0 bridgehead atoms. The molecular formula is C16H14ClFN2. The lowest BCUT2D eigenvalue weighted by molar-refractivity contribution is 0.598. The van der Waals surface area contributed by atoms with Crippen LogP contribution in [-0.4, -0.2) is 11.5 Å². The molecule has 0 aliphatic rings. The first-order chi connectivity index (χ1) is 9.72. The minimum absolute atomic E-state index is 0.264. The quantitative estimate of drug-likeness (QED) is 0.750. The van der Waals surface area contributed by atoms with Gasteiger partial charge in [0, 0.05) is 40.1 Å². The fourth-order valence-corrected chi connectivity index (χ4v) is 2.92. The first kappa shape index (κ1) is 13.2. The second-order valence-electron chi connectivity index (χ2n) is 4.71. The zero-order valence-corrected chi connectivity index (χ0v) is 11.5. The molecule has 102 valence electrons. The Morgan fingerprint density at radius 3 is 2.70 bits per heavy atom. The Morgan fingerprint density at radius 2 is 1.95 bits per heavy atom. The van der Waals surface area contributed by atoms with Crippen LogP contribution in [0.4, 0.5) is 4.39 Å². The molecular weight excluding hydrogens is 275 g/mol. The lowest BCUT2D eigenvalue weighted by atomic mass is 9.90. The molecule has 2 nitrogen and oxygen atoms in total. The number of benzene rings is 2. The number of para-hydroxylation sites is 1. The summed E-state index contributed by atoms with van der Waals surface area (Å²) in [7, 11) is 0. The van der Waals surface area contributed by atoms with E-state index in [1.165, 1.54) is 6.07 Å². The van der Waals surface area contributed by atoms with Crippen molar-refractivity contribution in [2.45, 2.75) is 5.92 Å². The summed E-state index contributed by atoms with van der Waals surface area (Å²) in [4.78, 5) is 3.19. The Balaban J connectivity index is 2.20. The van der Waals surface area contributed by atoms with Gasteiger partial charge in [-0.3, -0.25) is 0 Å². The van der Waals surface area contributed by atoms with Crippen LogP contribution < -0.4 is 5.73 Å². The Hall–Kier alpha value is -1.84. The van der Waals surface area contributed by atoms with Gasteiger partial charge in [-0.25, -0.2) is 4.39 Å². The van der Waals surface area contributed by atoms with E-state index in [1.807, 2.05) is 30.5 Å². The number of fused-ring (bicyclic) bond motifs is 1. The molecule has 1 aromatic heterocycles. The van der Waals surface area contributed by atoms with E-state index in [0.29, 0.717) is 17.1 Å². The lowest BCUT2D eigenvalue weighted by Crippen LogP contribution is -2.15. The molecule has 0 aliphatic heterocycles. The topological polar surface area (TPSA) is 41.8 Å². The zero-order valence-electron chi connectivity index (χ0n) is 10.7. The van der Waals surface area contributed by atoms with Gasteiger partial charge in [0.2, 0.25) is 0 Å². The average molecular weight is 289 g/mol. The third-order valence-electron chi connectivity index (χ3n) is 3.58. The summed E-state index contributed by atoms with van der Waals surface area (Å²) in [6.07, 6.45) is 1.88. The number of hydrogen-bond donors (Lipinski definition) is 2. The van der Waals surface area contributed by atoms with Gasteiger partial charge in [0.1, 0.15) is 5.82 Å². The molecule has 0 fully saturated rings. The van der Waals surface area contributed by atoms with Crippen molar-refractivity contribution in [2.75, 3.05) is 6.54 Å². The average Bonchev–Trinajstić information content (AvgIpc) is 2.87. The zero-order chi connectivity index (χ0) is 14.1. The highest BCUT2D eigenvalue weighted by Crippen LogP contribution is 2.35. The molecule has 1 unspecified atom stereocenters. The summed E-state index contributed by atoms with van der Waals surface area (Å²) < 4.78 is 14.1. The molecule has 3 aromatic rings. The number of aromatic amines is 1. The van der Waals surface area contributed by atoms with E-state index >= 15 is 0 Å². The fraction of sp³-hybridized carbons (Fsp3) is 0.125. The molecule has 0 aliphatic carbocycles. The minimum atomic E-state index is -0.321. The van der Waals surface area contributed by atoms with Crippen LogP contribution in [0.5, 0.6) is 0 Å². The largest absolute Gasteiger partial charge is 0.361 e. The Morgan fingerprint density at radius 1 is 1.15 bits per heavy atom. The molecule has 0 amide bonds. The van der Waals surface area contributed by atoms with Crippen LogP contribution in [0, 0.1) is 5.82 Å². The van der Waals surface area contributed by atoms with Crippen molar-refractivity contribution in [2.24, 2.45) is 5.73 Å². The van der Waals surface area contributed by atoms with Crippen LogP contribution in [0.3, 0.4) is 0 Å². The van der Waals surface area contributed by atoms with E-state index in [2.05, 4.69) is 4.98 Å². The molecule has 4 heteroatoms. The number of nitrogens with two attached hydrogens (primary N) is 1. The SMILES string of the molecule is NCC(c1c(F)cccc1Cl)c1c[nH]c2ccccc12. The fourth-order valence-electron chi connectivity index (χ4n) is 2.63. The molecule has 20 heavy (non-hydrogen) atoms. The smallest absolute Gasteiger partial charge is 0.128 e. The third-order valence-corrected chi connectivity index (χ3v) is 3.91. The maximum atomic E-state index is 14.1. The van der Waals surface area contributed by atoms with Crippen LogP contribution in [0.15, 0.2) is 48.7 Å². The van der Waals surface area contributed by atoms with Gasteiger partial charge < -0.3 is 10.7 Å². The lowest BCUT2D eigenvalue weighted by Gasteiger charge is -2.17. The van der Waals surface area contributed by atoms with Crippen LogP contribution in [0.1, 0.15) is 17.0 Å². The van der Waals surface area contributed by atoms with Crippen LogP contribution >= 0.6 is 11.6 Å². The van der Waals surface area contributed by atoms with Crippen molar-refractivity contribution in [3.8, 4) is 0 Å². The van der Waals surface area contributed by atoms with Crippen molar-refractivity contribution in [1.82, 2.24) is 4.98 Å². The van der Waals surface area contributed by atoms with Crippen molar-refractivity contribution in [1.29, 1.82) is 0 Å². The summed E-state index contributed by atoms with van der Waals surface area (Å²) >= 11 is 6.17. The van der Waals surface area contributed by atoms with E-state index in [9.17, 15) is 4.39 Å². The van der Waals surface area contributed by atoms with Crippen molar-refractivity contribution >= 4 is 22.5 Å². The first-order valence-corrected chi connectivity index (χ1v) is 6.80. The molecule has 3 N–H and O–H groups in total. The third kappa shape index (κ3) is 2.09. The van der Waals surface area contributed by atoms with Crippen molar-refractivity contribution < 1.29 is 4.39 Å². The van der Waals surface area contributed by atoms with Crippen LogP contribution in [-0.2, 0) is 0 Å². The van der Waals surface area contributed by atoms with Gasteiger partial charge in [-0.05, 0) is 23.8 Å². The van der Waals surface area contributed by atoms with Crippen molar-refractivity contribution in [3.05, 3.63) is 70.6 Å². The Kier molecular flexibility index (Phi) is 3.47. The summed E-state index contributed by atoms with van der Waals surface area (Å²) in [5.74, 6) is -0.585. The van der Waals surface area contributed by atoms with Crippen molar-refractivity contribution in [3.63, 3.8) is 0 Å². The van der Waals surface area contributed by atoms with E-state index in [1.54, 1.807) is 12.1 Å². The van der Waals surface area contributed by atoms with Gasteiger partial charge in [0.15, 0.2) is 0 Å². The highest BCUT2D eigenvalue weighted by Gasteiger charge is 2.22. The standard InChI is InChI=1S/C16H14ClFN2/c17-13-5-3-6-14(18)16(13)11(8-19)12-9-20-15-7-2-1-4-10(12)15/h1-7,9,11,20H,8,19H2. The van der Waals surface area contributed by atoms with Crippen LogP contribution in [0.2, 0.25) is 5.02 Å². The second kappa shape index (κ2) is 5.27. The van der Waals surface area contributed by atoms with Gasteiger partial charge in [-0.15, -0.1) is 0 Å². The molecule has 0 radical (unpaired) electrons. The number of nitrogens with one attached hydrogen (secondary N) is 1.